The number of nitrogens with one attached hydrogen (secondary N) is 1. The van der Waals surface area contributed by atoms with Gasteiger partial charge < -0.3 is 29.7 Å². The first kappa shape index (κ1) is 30.9. The van der Waals surface area contributed by atoms with Gasteiger partial charge in [0.05, 0.1) is 36.7 Å². The molecule has 2 N–H and O–H groups in total. The Balaban J connectivity index is 1.42. The minimum Gasteiger partial charge on any atom is -0.460 e. The van der Waals surface area contributed by atoms with Crippen molar-refractivity contribution >= 4 is 34.7 Å². The molecule has 2 fully saturated rings. The van der Waals surface area contributed by atoms with Gasteiger partial charge in [-0.3, -0.25) is 19.2 Å². The van der Waals surface area contributed by atoms with Gasteiger partial charge in [-0.15, -0.1) is 5.10 Å². The summed E-state index contributed by atoms with van der Waals surface area (Å²) in [4.78, 5) is 58.4. The largest absolute Gasteiger partial charge is 0.460 e. The number of nitrogens with zero attached hydrogens (tertiary/aromatic N) is 5. The first-order chi connectivity index (χ1) is 21.6. The summed E-state index contributed by atoms with van der Waals surface area (Å²) in [5.41, 5.74) is -0.0522. The van der Waals surface area contributed by atoms with Crippen LogP contribution in [-0.2, 0) is 35.3 Å². The van der Waals surface area contributed by atoms with Crippen LogP contribution in [0.2, 0.25) is 0 Å². The van der Waals surface area contributed by atoms with Crippen molar-refractivity contribution in [2.75, 3.05) is 19.7 Å². The number of amides is 3. The van der Waals surface area contributed by atoms with Gasteiger partial charge in [-0.05, 0) is 37.8 Å². The van der Waals surface area contributed by atoms with Crippen LogP contribution in [0.4, 0.5) is 0 Å². The van der Waals surface area contributed by atoms with Gasteiger partial charge >= 0.3 is 5.97 Å². The summed E-state index contributed by atoms with van der Waals surface area (Å²) in [6, 6.07) is 5.61. The van der Waals surface area contributed by atoms with E-state index in [0.29, 0.717) is 18.4 Å². The second kappa shape index (κ2) is 12.4. The molecule has 7 atom stereocenters. The fraction of sp³-hybridized carbons (Fsp3) is 0.562. The number of ether oxygens (including phenoxy) is 2. The number of aliphatic hydroxyl groups excluding tert-OH is 1. The molecule has 13 heteroatoms. The van der Waals surface area contributed by atoms with Crippen LogP contribution in [0, 0.1) is 17.8 Å². The van der Waals surface area contributed by atoms with Crippen molar-refractivity contribution in [1.82, 2.24) is 30.1 Å². The second-order valence-electron chi connectivity index (χ2n) is 12.8. The molecule has 0 unspecified atom stereocenters. The number of allylic oxidation sites excluding steroid dienone is 1. The topological polar surface area (TPSA) is 156 Å². The Bertz CT molecular complexity index is 1540. The van der Waals surface area contributed by atoms with Gasteiger partial charge in [0.2, 0.25) is 11.8 Å². The third-order valence-electron chi connectivity index (χ3n) is 9.13. The maximum atomic E-state index is 14.7. The molecular weight excluding hydrogens is 580 g/mol. The van der Waals surface area contributed by atoms with Crippen LogP contribution in [0.5, 0.6) is 0 Å². The Hall–Kier alpha value is -4.10. The molecule has 2 aromatic rings. The van der Waals surface area contributed by atoms with Gasteiger partial charge in [0, 0.05) is 13.0 Å². The van der Waals surface area contributed by atoms with Crippen molar-refractivity contribution in [3.63, 3.8) is 0 Å². The van der Waals surface area contributed by atoms with Gasteiger partial charge in [0.1, 0.15) is 35.9 Å². The minimum atomic E-state index is -1.49. The zero-order chi connectivity index (χ0) is 31.9. The number of hydrogen-bond acceptors (Lipinski definition) is 9. The summed E-state index contributed by atoms with van der Waals surface area (Å²) < 4.78 is 14.1. The van der Waals surface area contributed by atoms with Gasteiger partial charge in [-0.2, -0.15) is 0 Å². The van der Waals surface area contributed by atoms with Crippen molar-refractivity contribution in [2.45, 2.75) is 76.6 Å². The molecule has 4 aliphatic heterocycles. The van der Waals surface area contributed by atoms with Crippen LogP contribution in [0.1, 0.15) is 40.0 Å². The van der Waals surface area contributed by atoms with Gasteiger partial charge in [0.25, 0.3) is 5.91 Å². The van der Waals surface area contributed by atoms with E-state index in [2.05, 4.69) is 15.6 Å². The van der Waals surface area contributed by atoms with E-state index in [9.17, 15) is 24.3 Å². The van der Waals surface area contributed by atoms with Gasteiger partial charge in [0.15, 0.2) is 0 Å². The molecule has 240 valence electrons. The summed E-state index contributed by atoms with van der Waals surface area (Å²) in [5, 5.41) is 21.8. The molecule has 45 heavy (non-hydrogen) atoms. The molecular formula is C32H40N6O7. The highest BCUT2D eigenvalue weighted by Gasteiger charge is 2.72. The Morgan fingerprint density at radius 3 is 2.71 bits per heavy atom. The summed E-state index contributed by atoms with van der Waals surface area (Å²) in [6.45, 7) is 5.70. The number of fused-ring (bicyclic) bond motifs is 3. The third kappa shape index (κ3) is 5.52. The van der Waals surface area contributed by atoms with Crippen LogP contribution >= 0.6 is 0 Å². The fourth-order valence-corrected chi connectivity index (χ4v) is 7.17. The molecule has 5 heterocycles. The van der Waals surface area contributed by atoms with E-state index in [1.54, 1.807) is 40.8 Å². The van der Waals surface area contributed by atoms with Gasteiger partial charge in [-0.1, -0.05) is 55.5 Å². The van der Waals surface area contributed by atoms with E-state index in [1.807, 2.05) is 38.1 Å². The molecule has 1 aromatic heterocycles. The fourth-order valence-electron chi connectivity index (χ4n) is 7.17. The van der Waals surface area contributed by atoms with Crippen molar-refractivity contribution in [3.8, 4) is 0 Å². The van der Waals surface area contributed by atoms with Crippen molar-refractivity contribution < 1.29 is 33.8 Å². The lowest BCUT2D eigenvalue weighted by Crippen LogP contribution is -2.58. The SMILES string of the molecule is CC(C)C[C@H](CO)N1C(=O)[C@@H]2[C@H]3C(=O)O[C@H](C)CNC(=O)CC/C=C\[C@H]3O[C@@]23C=CCN(Cn2nnc4ccccc42)C(=O)[C@@H]13. The number of para-hydroxylation sites is 1. The van der Waals surface area contributed by atoms with Crippen molar-refractivity contribution in [3.05, 3.63) is 48.6 Å². The lowest BCUT2D eigenvalue weighted by Gasteiger charge is -2.39. The van der Waals surface area contributed by atoms with Crippen LogP contribution < -0.4 is 5.32 Å². The van der Waals surface area contributed by atoms with Crippen LogP contribution in [0.3, 0.4) is 0 Å². The quantitative estimate of drug-likeness (QED) is 0.358. The monoisotopic (exact) mass is 620 g/mol. The number of likely N-dealkylation sites (tertiary alicyclic amines) is 1. The average molecular weight is 621 g/mol. The Kier molecular flexibility index (Phi) is 8.49. The van der Waals surface area contributed by atoms with Crippen LogP contribution in [0.15, 0.2) is 48.6 Å². The number of aliphatic hydroxyl groups is 1. The molecule has 1 aromatic carbocycles. The maximum Gasteiger partial charge on any atom is 0.313 e. The predicted molar refractivity (Wildman–Crippen MR) is 161 cm³/mol. The molecule has 0 bridgehead atoms. The third-order valence-corrected chi connectivity index (χ3v) is 9.13. The van der Waals surface area contributed by atoms with Gasteiger partial charge in [-0.25, -0.2) is 4.68 Å². The number of aromatic nitrogens is 3. The molecule has 4 aliphatic rings. The Morgan fingerprint density at radius 2 is 1.93 bits per heavy atom. The standard InChI is InChI=1S/C32H40N6O7/c1-19(2)15-21(17-39)38-28-30(42)36(18-37-23-10-5-4-9-22(23)34-35-37)14-8-13-32(28)27(29(38)41)26-24(45-32)11-6-7-12-25(40)33-16-20(3)44-31(26)43/h4-6,8-11,13,19-21,24,26-28,39H,7,12,14-18H2,1-3H3,(H,33,40)/b11-6-/t20-,21-,24-,26+,27+,28-,32+/m1/s1. The molecule has 1 spiro atoms. The number of carbonyl (C=O) groups is 4. The molecule has 6 rings (SSSR count). The predicted octanol–water partition coefficient (Wildman–Crippen LogP) is 1.17. The summed E-state index contributed by atoms with van der Waals surface area (Å²) in [5.74, 6) is -3.61. The number of esters is 1. The zero-order valence-electron chi connectivity index (χ0n) is 25.7. The van der Waals surface area contributed by atoms with E-state index in [0.717, 1.165) is 5.52 Å². The molecule has 13 nitrogen and oxygen atoms in total. The van der Waals surface area contributed by atoms with Crippen molar-refractivity contribution in [2.24, 2.45) is 17.8 Å². The molecule has 3 amide bonds. The first-order valence-electron chi connectivity index (χ1n) is 15.6. The minimum absolute atomic E-state index is 0.0737. The smallest absolute Gasteiger partial charge is 0.313 e. The lowest BCUT2D eigenvalue weighted by molar-refractivity contribution is -0.160. The second-order valence-corrected chi connectivity index (χ2v) is 12.8. The zero-order valence-corrected chi connectivity index (χ0v) is 25.7. The first-order valence-corrected chi connectivity index (χ1v) is 15.6. The van der Waals surface area contributed by atoms with E-state index in [4.69, 9.17) is 9.47 Å². The summed E-state index contributed by atoms with van der Waals surface area (Å²) in [6.07, 6.45) is 6.61. The molecule has 0 radical (unpaired) electrons. The maximum absolute atomic E-state index is 14.7. The van der Waals surface area contributed by atoms with Crippen LogP contribution in [0.25, 0.3) is 11.0 Å². The van der Waals surface area contributed by atoms with E-state index < -0.39 is 53.6 Å². The summed E-state index contributed by atoms with van der Waals surface area (Å²) in [7, 11) is 0. The number of cyclic esters (lactones) is 1. The molecule has 0 saturated carbocycles. The van der Waals surface area contributed by atoms with Crippen LogP contribution in [-0.4, -0.2) is 103 Å². The number of hydrogen-bond donors (Lipinski definition) is 2. The normalized spacial score (nSPS) is 31.9. The Morgan fingerprint density at radius 1 is 1.13 bits per heavy atom. The highest BCUT2D eigenvalue weighted by atomic mass is 16.6. The Labute approximate surface area is 261 Å². The lowest BCUT2D eigenvalue weighted by atomic mass is 9.78. The number of carbonyl (C=O) groups excluding carboxylic acids is 4. The molecule has 2 saturated heterocycles. The van der Waals surface area contributed by atoms with E-state index in [1.165, 1.54) is 4.90 Å². The number of benzene rings is 1. The van der Waals surface area contributed by atoms with E-state index in [-0.39, 0.29) is 50.5 Å². The molecule has 0 aliphatic carbocycles. The highest BCUT2D eigenvalue weighted by molar-refractivity contribution is 5.99. The highest BCUT2D eigenvalue weighted by Crippen LogP contribution is 2.54. The summed E-state index contributed by atoms with van der Waals surface area (Å²) >= 11 is 0. The average Bonchev–Trinajstić information content (AvgIpc) is 3.60. The number of rotatable bonds is 6. The van der Waals surface area contributed by atoms with Crippen molar-refractivity contribution in [1.29, 1.82) is 0 Å². The van der Waals surface area contributed by atoms with E-state index >= 15 is 0 Å².